The van der Waals surface area contributed by atoms with E-state index in [0.29, 0.717) is 0 Å². The maximum absolute atomic E-state index is 12.4. The van der Waals surface area contributed by atoms with Crippen LogP contribution in [-0.4, -0.2) is 25.5 Å². The van der Waals surface area contributed by atoms with Crippen molar-refractivity contribution in [2.45, 2.75) is 49.1 Å². The largest absolute Gasteiger partial charge is 0.326 e. The van der Waals surface area contributed by atoms with Gasteiger partial charge in [-0.3, -0.25) is 0 Å². The Morgan fingerprint density at radius 2 is 2.10 bits per heavy atom. The molecule has 2 unspecified atom stereocenters. The summed E-state index contributed by atoms with van der Waals surface area (Å²) in [6.45, 7) is 0. The van der Waals surface area contributed by atoms with E-state index in [4.69, 9.17) is 11.0 Å². The minimum Gasteiger partial charge on any atom is -0.326 e. The standard InChI is InChI=1S/C13H18N4O2S/c14-9-12-13(7-4-8-16-12)20(18,19)17-11-6-3-1-2-5-10(11)15/h4,7-8,10-11,17H,1-3,5-6,15H2. The second-order valence-electron chi connectivity index (χ2n) is 4.99. The summed E-state index contributed by atoms with van der Waals surface area (Å²) in [5.41, 5.74) is 5.93. The quantitative estimate of drug-likeness (QED) is 0.805. The monoisotopic (exact) mass is 294 g/mol. The second-order valence-corrected chi connectivity index (χ2v) is 6.67. The van der Waals surface area contributed by atoms with E-state index < -0.39 is 10.0 Å². The first kappa shape index (κ1) is 14.9. The van der Waals surface area contributed by atoms with E-state index >= 15 is 0 Å². The van der Waals surface area contributed by atoms with E-state index in [-0.39, 0.29) is 22.7 Å². The molecule has 0 spiro atoms. The van der Waals surface area contributed by atoms with Crippen molar-refractivity contribution in [2.24, 2.45) is 5.73 Å². The van der Waals surface area contributed by atoms with Gasteiger partial charge in [0.2, 0.25) is 10.0 Å². The smallest absolute Gasteiger partial charge is 0.243 e. The molecule has 2 atom stereocenters. The van der Waals surface area contributed by atoms with Crippen molar-refractivity contribution in [1.29, 1.82) is 5.26 Å². The highest BCUT2D eigenvalue weighted by atomic mass is 32.2. The molecule has 0 aliphatic heterocycles. The van der Waals surface area contributed by atoms with Gasteiger partial charge < -0.3 is 5.73 Å². The molecule has 0 amide bonds. The molecule has 1 heterocycles. The summed E-state index contributed by atoms with van der Waals surface area (Å²) >= 11 is 0. The van der Waals surface area contributed by atoms with Crippen molar-refractivity contribution in [2.75, 3.05) is 0 Å². The zero-order valence-corrected chi connectivity index (χ0v) is 11.9. The van der Waals surface area contributed by atoms with Crippen LogP contribution in [0.5, 0.6) is 0 Å². The summed E-state index contributed by atoms with van der Waals surface area (Å²) in [4.78, 5) is 3.70. The van der Waals surface area contributed by atoms with Crippen LogP contribution in [0.15, 0.2) is 23.2 Å². The van der Waals surface area contributed by atoms with Gasteiger partial charge in [0.1, 0.15) is 11.0 Å². The van der Waals surface area contributed by atoms with Gasteiger partial charge >= 0.3 is 0 Å². The summed E-state index contributed by atoms with van der Waals surface area (Å²) < 4.78 is 27.4. The summed E-state index contributed by atoms with van der Waals surface area (Å²) in [7, 11) is -3.77. The van der Waals surface area contributed by atoms with E-state index in [1.807, 2.05) is 0 Å². The highest BCUT2D eigenvalue weighted by Crippen LogP contribution is 2.20. The van der Waals surface area contributed by atoms with Crippen LogP contribution in [0.1, 0.15) is 37.8 Å². The summed E-state index contributed by atoms with van der Waals surface area (Å²) in [5.74, 6) is 0. The highest BCUT2D eigenvalue weighted by Gasteiger charge is 2.27. The molecule has 20 heavy (non-hydrogen) atoms. The molecule has 6 nitrogen and oxygen atoms in total. The predicted molar refractivity (Wildman–Crippen MR) is 74.1 cm³/mol. The molecule has 0 bridgehead atoms. The normalized spacial score (nSPS) is 23.8. The SMILES string of the molecule is N#Cc1ncccc1S(=O)(=O)NC1CCCCCC1N. The van der Waals surface area contributed by atoms with Gasteiger partial charge in [0.15, 0.2) is 5.69 Å². The molecule has 108 valence electrons. The number of nitrogens with one attached hydrogen (secondary N) is 1. The van der Waals surface area contributed by atoms with Gasteiger partial charge in [-0.15, -0.1) is 0 Å². The number of hydrogen-bond donors (Lipinski definition) is 2. The number of aromatic nitrogens is 1. The number of pyridine rings is 1. The van der Waals surface area contributed by atoms with Crippen molar-refractivity contribution in [3.8, 4) is 6.07 Å². The van der Waals surface area contributed by atoms with Crippen LogP contribution in [0, 0.1) is 11.3 Å². The van der Waals surface area contributed by atoms with E-state index in [1.54, 1.807) is 6.07 Å². The fourth-order valence-electron chi connectivity index (χ4n) is 2.44. The average Bonchev–Trinajstić information content (AvgIpc) is 2.64. The third-order valence-corrected chi connectivity index (χ3v) is 5.06. The van der Waals surface area contributed by atoms with E-state index in [9.17, 15) is 8.42 Å². The van der Waals surface area contributed by atoms with Crippen molar-refractivity contribution in [3.63, 3.8) is 0 Å². The number of nitriles is 1. The highest BCUT2D eigenvalue weighted by molar-refractivity contribution is 7.89. The lowest BCUT2D eigenvalue weighted by atomic mass is 10.1. The number of nitrogens with zero attached hydrogens (tertiary/aromatic N) is 2. The van der Waals surface area contributed by atoms with Crippen LogP contribution in [0.2, 0.25) is 0 Å². The summed E-state index contributed by atoms with van der Waals surface area (Å²) in [6.07, 6.45) is 5.99. The van der Waals surface area contributed by atoms with Crippen LogP contribution < -0.4 is 10.5 Å². The topological polar surface area (TPSA) is 109 Å². The number of sulfonamides is 1. The Morgan fingerprint density at radius 3 is 2.85 bits per heavy atom. The molecule has 0 saturated heterocycles. The van der Waals surface area contributed by atoms with Crippen LogP contribution in [0.3, 0.4) is 0 Å². The maximum atomic E-state index is 12.4. The molecular formula is C13H18N4O2S. The lowest BCUT2D eigenvalue weighted by Gasteiger charge is -2.22. The Hall–Kier alpha value is -1.49. The minimum atomic E-state index is -3.77. The van der Waals surface area contributed by atoms with Crippen LogP contribution >= 0.6 is 0 Å². The third-order valence-electron chi connectivity index (χ3n) is 3.54. The number of rotatable bonds is 3. The molecule has 1 saturated carbocycles. The van der Waals surface area contributed by atoms with Gasteiger partial charge in [0, 0.05) is 18.3 Å². The van der Waals surface area contributed by atoms with Gasteiger partial charge in [-0.05, 0) is 25.0 Å². The summed E-state index contributed by atoms with van der Waals surface area (Å²) in [6, 6.07) is 4.22. The number of nitrogens with two attached hydrogens (primary N) is 1. The van der Waals surface area contributed by atoms with Gasteiger partial charge in [-0.1, -0.05) is 19.3 Å². The maximum Gasteiger partial charge on any atom is 0.243 e. The molecular weight excluding hydrogens is 276 g/mol. The molecule has 3 N–H and O–H groups in total. The molecule has 2 rings (SSSR count). The summed E-state index contributed by atoms with van der Waals surface area (Å²) in [5, 5.41) is 8.96. The van der Waals surface area contributed by atoms with E-state index in [1.165, 1.54) is 18.3 Å². The fraction of sp³-hybridized carbons (Fsp3) is 0.538. The predicted octanol–water partition coefficient (Wildman–Crippen LogP) is 0.892. The molecule has 7 heteroatoms. The average molecular weight is 294 g/mol. The lowest BCUT2D eigenvalue weighted by Crippen LogP contribution is -2.47. The van der Waals surface area contributed by atoms with Crippen molar-refractivity contribution in [1.82, 2.24) is 9.71 Å². The molecule has 1 fully saturated rings. The molecule has 1 aliphatic carbocycles. The Morgan fingerprint density at radius 1 is 1.35 bits per heavy atom. The van der Waals surface area contributed by atoms with E-state index in [2.05, 4.69) is 9.71 Å². The first-order valence-corrected chi connectivity index (χ1v) is 8.16. The molecule has 0 radical (unpaired) electrons. The van der Waals surface area contributed by atoms with Gasteiger partial charge in [-0.25, -0.2) is 18.1 Å². The van der Waals surface area contributed by atoms with Crippen molar-refractivity contribution < 1.29 is 8.42 Å². The molecule has 1 aromatic rings. The van der Waals surface area contributed by atoms with Crippen LogP contribution in [-0.2, 0) is 10.0 Å². The van der Waals surface area contributed by atoms with E-state index in [0.717, 1.165) is 32.1 Å². The molecule has 0 aromatic carbocycles. The zero-order chi connectivity index (χ0) is 14.6. The second kappa shape index (κ2) is 6.31. The Balaban J connectivity index is 2.24. The molecule has 1 aliphatic rings. The van der Waals surface area contributed by atoms with Gasteiger partial charge in [0.05, 0.1) is 0 Å². The third kappa shape index (κ3) is 3.33. The van der Waals surface area contributed by atoms with Gasteiger partial charge in [0.25, 0.3) is 0 Å². The van der Waals surface area contributed by atoms with Gasteiger partial charge in [-0.2, -0.15) is 5.26 Å². The lowest BCUT2D eigenvalue weighted by molar-refractivity contribution is 0.456. The Labute approximate surface area is 119 Å². The number of hydrogen-bond acceptors (Lipinski definition) is 5. The van der Waals surface area contributed by atoms with Crippen LogP contribution in [0.4, 0.5) is 0 Å². The first-order chi connectivity index (χ1) is 9.54. The molecule has 1 aromatic heterocycles. The minimum absolute atomic E-state index is 0.0843. The first-order valence-electron chi connectivity index (χ1n) is 6.67. The fourth-order valence-corrected chi connectivity index (χ4v) is 3.87. The van der Waals surface area contributed by atoms with Crippen LogP contribution in [0.25, 0.3) is 0 Å². The zero-order valence-electron chi connectivity index (χ0n) is 11.1. The Kier molecular flexibility index (Phi) is 4.70. The van der Waals surface area contributed by atoms with Crippen molar-refractivity contribution in [3.05, 3.63) is 24.0 Å². The van der Waals surface area contributed by atoms with Crippen molar-refractivity contribution >= 4 is 10.0 Å². The Bertz CT molecular complexity index is 609.